The zero-order chi connectivity index (χ0) is 10.8. The van der Waals surface area contributed by atoms with E-state index in [2.05, 4.69) is 0 Å². The average Bonchev–Trinajstić information content (AvgIpc) is 2.18. The summed E-state index contributed by atoms with van der Waals surface area (Å²) in [6.45, 7) is 0.484. The molecule has 1 aliphatic heterocycles. The summed E-state index contributed by atoms with van der Waals surface area (Å²) in [6, 6.07) is 4.23. The number of carbonyl (C=O) groups excluding carboxylic acids is 1. The van der Waals surface area contributed by atoms with Crippen LogP contribution in [0.5, 0.6) is 5.75 Å². The Kier molecular flexibility index (Phi) is 2.41. The van der Waals surface area contributed by atoms with Crippen LogP contribution in [-0.4, -0.2) is 12.5 Å². The molecule has 15 heavy (non-hydrogen) atoms. The van der Waals surface area contributed by atoms with Crippen molar-refractivity contribution in [1.29, 1.82) is 0 Å². The van der Waals surface area contributed by atoms with Crippen LogP contribution in [0.25, 0.3) is 5.57 Å². The topological polar surface area (TPSA) is 52.3 Å². The molecule has 0 atom stereocenters. The van der Waals surface area contributed by atoms with Crippen LogP contribution in [0.2, 0.25) is 0 Å². The highest BCUT2D eigenvalue weighted by molar-refractivity contribution is 5.95. The van der Waals surface area contributed by atoms with Crippen LogP contribution in [0, 0.1) is 5.82 Å². The number of amides is 1. The molecule has 0 aromatic heterocycles. The Hall–Kier alpha value is -1.84. The lowest BCUT2D eigenvalue weighted by atomic mass is 9.99. The minimum Gasteiger partial charge on any atom is -0.493 e. The van der Waals surface area contributed by atoms with Crippen molar-refractivity contribution >= 4 is 11.5 Å². The number of ether oxygens (including phenoxy) is 1. The SMILES string of the molecule is NC(=O)C=C1CCOc2ccc(F)cc21. The van der Waals surface area contributed by atoms with Crippen LogP contribution < -0.4 is 10.5 Å². The van der Waals surface area contributed by atoms with E-state index in [1.807, 2.05) is 0 Å². The van der Waals surface area contributed by atoms with E-state index in [1.165, 1.54) is 18.2 Å². The molecule has 0 spiro atoms. The molecule has 1 aromatic rings. The number of hydrogen-bond donors (Lipinski definition) is 1. The fourth-order valence-corrected chi connectivity index (χ4v) is 1.61. The number of benzene rings is 1. The summed E-state index contributed by atoms with van der Waals surface area (Å²) in [4.78, 5) is 10.8. The van der Waals surface area contributed by atoms with Crippen molar-refractivity contribution < 1.29 is 13.9 Å². The second-order valence-corrected chi connectivity index (χ2v) is 3.31. The normalized spacial score (nSPS) is 17.0. The van der Waals surface area contributed by atoms with Gasteiger partial charge in [0.2, 0.25) is 5.91 Å². The van der Waals surface area contributed by atoms with Crippen LogP contribution in [-0.2, 0) is 4.79 Å². The lowest BCUT2D eigenvalue weighted by Crippen LogP contribution is -2.12. The number of rotatable bonds is 1. The first-order chi connectivity index (χ1) is 7.16. The first-order valence-corrected chi connectivity index (χ1v) is 4.59. The molecule has 4 heteroatoms. The minimum absolute atomic E-state index is 0.352. The van der Waals surface area contributed by atoms with E-state index < -0.39 is 5.91 Å². The lowest BCUT2D eigenvalue weighted by Gasteiger charge is -2.19. The van der Waals surface area contributed by atoms with E-state index in [4.69, 9.17) is 10.5 Å². The van der Waals surface area contributed by atoms with Gasteiger partial charge in [-0.15, -0.1) is 0 Å². The zero-order valence-corrected chi connectivity index (χ0v) is 8.00. The summed E-state index contributed by atoms with van der Waals surface area (Å²) < 4.78 is 18.3. The van der Waals surface area contributed by atoms with Crippen LogP contribution in [0.15, 0.2) is 24.3 Å². The molecule has 0 saturated heterocycles. The van der Waals surface area contributed by atoms with Crippen molar-refractivity contribution in [3.05, 3.63) is 35.7 Å². The van der Waals surface area contributed by atoms with E-state index in [0.29, 0.717) is 24.3 Å². The quantitative estimate of drug-likeness (QED) is 0.709. The van der Waals surface area contributed by atoms with E-state index in [1.54, 1.807) is 6.07 Å². The first-order valence-electron chi connectivity index (χ1n) is 4.59. The number of hydrogen-bond acceptors (Lipinski definition) is 2. The van der Waals surface area contributed by atoms with Crippen molar-refractivity contribution in [2.75, 3.05) is 6.61 Å². The second kappa shape index (κ2) is 3.73. The van der Waals surface area contributed by atoms with Gasteiger partial charge < -0.3 is 10.5 Å². The molecule has 0 radical (unpaired) electrons. The molecule has 0 bridgehead atoms. The Morgan fingerprint density at radius 3 is 3.07 bits per heavy atom. The van der Waals surface area contributed by atoms with Crippen LogP contribution in [0.1, 0.15) is 12.0 Å². The summed E-state index contributed by atoms with van der Waals surface area (Å²) >= 11 is 0. The Morgan fingerprint density at radius 1 is 1.53 bits per heavy atom. The Balaban J connectivity index is 2.49. The highest BCUT2D eigenvalue weighted by atomic mass is 19.1. The molecule has 0 saturated carbocycles. The molecular weight excluding hydrogens is 197 g/mol. The summed E-state index contributed by atoms with van der Waals surface area (Å²) in [5.41, 5.74) is 6.40. The summed E-state index contributed by atoms with van der Waals surface area (Å²) in [7, 11) is 0. The number of primary amides is 1. The maximum Gasteiger partial charge on any atom is 0.241 e. The van der Waals surface area contributed by atoms with Gasteiger partial charge in [-0.05, 0) is 23.8 Å². The molecule has 2 rings (SSSR count). The Labute approximate surface area is 86.3 Å². The Bertz CT molecular complexity index is 440. The van der Waals surface area contributed by atoms with Crippen LogP contribution in [0.3, 0.4) is 0 Å². The molecule has 3 nitrogen and oxygen atoms in total. The zero-order valence-electron chi connectivity index (χ0n) is 8.00. The predicted octanol–water partition coefficient (Wildman–Crippen LogP) is 1.48. The van der Waals surface area contributed by atoms with E-state index in [-0.39, 0.29) is 5.82 Å². The second-order valence-electron chi connectivity index (χ2n) is 3.31. The van der Waals surface area contributed by atoms with Gasteiger partial charge in [0.05, 0.1) is 6.61 Å². The molecule has 1 heterocycles. The number of fused-ring (bicyclic) bond motifs is 1. The fraction of sp³-hybridized carbons (Fsp3) is 0.182. The predicted molar refractivity (Wildman–Crippen MR) is 53.7 cm³/mol. The average molecular weight is 207 g/mol. The molecule has 1 aromatic carbocycles. The van der Waals surface area contributed by atoms with E-state index >= 15 is 0 Å². The standard InChI is InChI=1S/C11H10FNO2/c12-8-1-2-10-9(6-8)7(3-4-15-10)5-11(13)14/h1-2,5-6H,3-4H2,(H2,13,14). The Morgan fingerprint density at radius 2 is 2.33 bits per heavy atom. The first kappa shape index (κ1) is 9.71. The van der Waals surface area contributed by atoms with E-state index in [0.717, 1.165) is 5.57 Å². The summed E-state index contributed by atoms with van der Waals surface area (Å²) in [5.74, 6) is -0.285. The molecule has 2 N–H and O–H groups in total. The lowest BCUT2D eigenvalue weighted by molar-refractivity contribution is -0.113. The van der Waals surface area contributed by atoms with Gasteiger partial charge in [0.15, 0.2) is 0 Å². The third-order valence-electron chi connectivity index (χ3n) is 2.23. The van der Waals surface area contributed by atoms with Crippen molar-refractivity contribution in [2.45, 2.75) is 6.42 Å². The minimum atomic E-state index is -0.526. The molecule has 78 valence electrons. The highest BCUT2D eigenvalue weighted by Crippen LogP contribution is 2.32. The van der Waals surface area contributed by atoms with Gasteiger partial charge in [-0.3, -0.25) is 4.79 Å². The molecule has 1 amide bonds. The largest absolute Gasteiger partial charge is 0.493 e. The third-order valence-corrected chi connectivity index (χ3v) is 2.23. The third kappa shape index (κ3) is 1.98. The van der Waals surface area contributed by atoms with Gasteiger partial charge in [0.25, 0.3) is 0 Å². The monoisotopic (exact) mass is 207 g/mol. The van der Waals surface area contributed by atoms with Crippen LogP contribution >= 0.6 is 0 Å². The molecule has 0 unspecified atom stereocenters. The number of nitrogens with two attached hydrogens (primary N) is 1. The van der Waals surface area contributed by atoms with Crippen molar-refractivity contribution in [1.82, 2.24) is 0 Å². The van der Waals surface area contributed by atoms with Gasteiger partial charge in [-0.2, -0.15) is 0 Å². The summed E-state index contributed by atoms with van der Waals surface area (Å²) in [5, 5.41) is 0. The van der Waals surface area contributed by atoms with Gasteiger partial charge in [-0.1, -0.05) is 0 Å². The fourth-order valence-electron chi connectivity index (χ4n) is 1.61. The number of halogens is 1. The molecule has 0 fully saturated rings. The number of carbonyl (C=O) groups is 1. The van der Waals surface area contributed by atoms with Crippen molar-refractivity contribution in [3.63, 3.8) is 0 Å². The summed E-state index contributed by atoms with van der Waals surface area (Å²) in [6.07, 6.45) is 1.89. The molecule has 1 aliphatic rings. The van der Waals surface area contributed by atoms with Gasteiger partial charge in [0, 0.05) is 18.1 Å². The molecular formula is C11H10FNO2. The van der Waals surface area contributed by atoms with Crippen molar-refractivity contribution in [2.24, 2.45) is 5.73 Å². The maximum absolute atomic E-state index is 13.0. The maximum atomic E-state index is 13.0. The van der Waals surface area contributed by atoms with Crippen LogP contribution in [0.4, 0.5) is 4.39 Å². The van der Waals surface area contributed by atoms with Gasteiger partial charge >= 0.3 is 0 Å². The van der Waals surface area contributed by atoms with Gasteiger partial charge in [0.1, 0.15) is 11.6 Å². The van der Waals surface area contributed by atoms with E-state index in [9.17, 15) is 9.18 Å². The smallest absolute Gasteiger partial charge is 0.241 e. The van der Waals surface area contributed by atoms with Gasteiger partial charge in [-0.25, -0.2) is 4.39 Å². The van der Waals surface area contributed by atoms with Crippen molar-refractivity contribution in [3.8, 4) is 5.75 Å². The molecule has 0 aliphatic carbocycles. The highest BCUT2D eigenvalue weighted by Gasteiger charge is 2.16.